The Labute approximate surface area is 132 Å². The minimum atomic E-state index is 0.623. The molecule has 0 spiro atoms. The molecule has 1 aromatic heterocycles. The van der Waals surface area contributed by atoms with Crippen molar-refractivity contribution in [1.29, 1.82) is 0 Å². The average Bonchev–Trinajstić information content (AvgIpc) is 2.73. The lowest BCUT2D eigenvalue weighted by Crippen LogP contribution is -2.08. The van der Waals surface area contributed by atoms with Crippen LogP contribution in [0.3, 0.4) is 0 Å². The molecule has 0 aliphatic rings. The van der Waals surface area contributed by atoms with Gasteiger partial charge in [-0.2, -0.15) is 5.10 Å². The lowest BCUT2D eigenvalue weighted by atomic mass is 10.3. The Morgan fingerprint density at radius 2 is 2.20 bits per heavy atom. The van der Waals surface area contributed by atoms with Crippen molar-refractivity contribution < 1.29 is 4.74 Å². The fourth-order valence-corrected chi connectivity index (χ4v) is 2.60. The second-order valence-electron chi connectivity index (χ2n) is 4.36. The van der Waals surface area contributed by atoms with Gasteiger partial charge in [0.1, 0.15) is 5.75 Å². The third-order valence-corrected chi connectivity index (χ3v) is 4.21. The summed E-state index contributed by atoms with van der Waals surface area (Å²) in [7, 11) is 1.65. The van der Waals surface area contributed by atoms with Gasteiger partial charge >= 0.3 is 0 Å². The molecule has 0 fully saturated rings. The number of rotatable bonds is 5. The van der Waals surface area contributed by atoms with Crippen molar-refractivity contribution in [3.8, 4) is 5.75 Å². The molecule has 4 nitrogen and oxygen atoms in total. The van der Waals surface area contributed by atoms with Crippen molar-refractivity contribution in [2.75, 3.05) is 12.4 Å². The molecule has 2 rings (SSSR count). The van der Waals surface area contributed by atoms with E-state index < -0.39 is 0 Å². The van der Waals surface area contributed by atoms with Crippen molar-refractivity contribution >= 4 is 33.2 Å². The number of benzene rings is 1. The number of hydrogen-bond acceptors (Lipinski definition) is 3. The first kappa shape index (κ1) is 15.2. The van der Waals surface area contributed by atoms with Crippen LogP contribution in [0.15, 0.2) is 22.7 Å². The number of nitrogens with zero attached hydrogens (tertiary/aromatic N) is 2. The monoisotopic (exact) mass is 357 g/mol. The zero-order valence-corrected chi connectivity index (χ0v) is 14.0. The molecule has 108 valence electrons. The molecule has 1 N–H and O–H groups in total. The molecule has 0 atom stereocenters. The predicted octanol–water partition coefficient (Wildman–Crippen LogP) is 4.25. The zero-order chi connectivity index (χ0) is 14.7. The number of methoxy groups -OCH3 is 1. The van der Waals surface area contributed by atoms with E-state index in [9.17, 15) is 0 Å². The maximum Gasteiger partial charge on any atom is 0.135 e. The molecule has 0 saturated carbocycles. The van der Waals surface area contributed by atoms with Gasteiger partial charge in [0, 0.05) is 18.3 Å². The smallest absolute Gasteiger partial charge is 0.135 e. The Kier molecular flexibility index (Phi) is 4.94. The largest absolute Gasteiger partial charge is 0.495 e. The summed E-state index contributed by atoms with van der Waals surface area (Å²) in [6.45, 7) is 5.39. The summed E-state index contributed by atoms with van der Waals surface area (Å²) in [6.07, 6.45) is 0. The fraction of sp³-hybridized carbons (Fsp3) is 0.357. The summed E-state index contributed by atoms with van der Waals surface area (Å²) >= 11 is 9.72. The van der Waals surface area contributed by atoms with Gasteiger partial charge in [0.25, 0.3) is 0 Å². The van der Waals surface area contributed by atoms with Crippen LogP contribution in [0, 0.1) is 6.92 Å². The van der Waals surface area contributed by atoms with Crippen LogP contribution >= 0.6 is 27.5 Å². The van der Waals surface area contributed by atoms with Crippen molar-refractivity contribution in [1.82, 2.24) is 9.78 Å². The molecule has 20 heavy (non-hydrogen) atoms. The van der Waals surface area contributed by atoms with Crippen LogP contribution in [0.25, 0.3) is 0 Å². The fourth-order valence-electron chi connectivity index (χ4n) is 1.99. The summed E-state index contributed by atoms with van der Waals surface area (Å²) < 4.78 is 8.13. The number of anilines is 1. The Morgan fingerprint density at radius 1 is 1.45 bits per heavy atom. The SMILES string of the molecule is CCn1nc(C)c(Cl)c1CNc1ccc(Br)c(OC)c1. The summed E-state index contributed by atoms with van der Waals surface area (Å²) in [4.78, 5) is 0. The van der Waals surface area contributed by atoms with E-state index in [1.807, 2.05) is 29.8 Å². The van der Waals surface area contributed by atoms with E-state index in [2.05, 4.69) is 33.3 Å². The molecule has 0 saturated heterocycles. The van der Waals surface area contributed by atoms with Crippen LogP contribution in [0.2, 0.25) is 5.02 Å². The first-order chi connectivity index (χ1) is 9.56. The second-order valence-corrected chi connectivity index (χ2v) is 5.60. The molecule has 6 heteroatoms. The van der Waals surface area contributed by atoms with Crippen molar-refractivity contribution in [2.24, 2.45) is 0 Å². The second kappa shape index (κ2) is 6.50. The summed E-state index contributed by atoms with van der Waals surface area (Å²) in [5.41, 5.74) is 2.83. The summed E-state index contributed by atoms with van der Waals surface area (Å²) in [5, 5.41) is 8.47. The predicted molar refractivity (Wildman–Crippen MR) is 85.7 cm³/mol. The van der Waals surface area contributed by atoms with Gasteiger partial charge in [-0.25, -0.2) is 0 Å². The average molecular weight is 359 g/mol. The van der Waals surface area contributed by atoms with Gasteiger partial charge < -0.3 is 10.1 Å². The molecule has 0 aliphatic carbocycles. The Hall–Kier alpha value is -1.20. The highest BCUT2D eigenvalue weighted by Gasteiger charge is 2.12. The minimum Gasteiger partial charge on any atom is -0.495 e. The molecule has 1 heterocycles. The van der Waals surface area contributed by atoms with Crippen LogP contribution < -0.4 is 10.1 Å². The molecular formula is C14H17BrClN3O. The van der Waals surface area contributed by atoms with Crippen LogP contribution in [-0.4, -0.2) is 16.9 Å². The molecular weight excluding hydrogens is 342 g/mol. The third kappa shape index (κ3) is 3.10. The van der Waals surface area contributed by atoms with Crippen molar-refractivity contribution in [3.63, 3.8) is 0 Å². The normalized spacial score (nSPS) is 10.7. The highest BCUT2D eigenvalue weighted by Crippen LogP contribution is 2.28. The Morgan fingerprint density at radius 3 is 2.85 bits per heavy atom. The van der Waals surface area contributed by atoms with E-state index in [-0.39, 0.29) is 0 Å². The van der Waals surface area contributed by atoms with Gasteiger partial charge in [-0.05, 0) is 41.9 Å². The number of halogens is 2. The van der Waals surface area contributed by atoms with E-state index >= 15 is 0 Å². The van der Waals surface area contributed by atoms with Gasteiger partial charge in [0.15, 0.2) is 0 Å². The van der Waals surface area contributed by atoms with Crippen LogP contribution in [0.5, 0.6) is 5.75 Å². The molecule has 2 aromatic rings. The topological polar surface area (TPSA) is 39.1 Å². The maximum atomic E-state index is 6.29. The van der Waals surface area contributed by atoms with Gasteiger partial charge in [-0.3, -0.25) is 4.68 Å². The lowest BCUT2D eigenvalue weighted by molar-refractivity contribution is 0.412. The van der Waals surface area contributed by atoms with E-state index in [1.165, 1.54) is 0 Å². The van der Waals surface area contributed by atoms with Crippen molar-refractivity contribution in [2.45, 2.75) is 26.9 Å². The standard InChI is InChI=1S/C14H17BrClN3O/c1-4-19-12(14(16)9(2)18-19)8-17-10-5-6-11(15)13(7-10)20-3/h5-7,17H,4,8H2,1-3H3. The van der Waals surface area contributed by atoms with Crippen LogP contribution in [0.1, 0.15) is 18.3 Å². The Balaban J connectivity index is 2.16. The molecule has 0 radical (unpaired) electrons. The van der Waals surface area contributed by atoms with Gasteiger partial charge in [0.2, 0.25) is 0 Å². The maximum absolute atomic E-state index is 6.29. The number of aromatic nitrogens is 2. The number of nitrogens with one attached hydrogen (secondary N) is 1. The van der Waals surface area contributed by atoms with Gasteiger partial charge in [-0.1, -0.05) is 11.6 Å². The van der Waals surface area contributed by atoms with Gasteiger partial charge in [0.05, 0.1) is 34.5 Å². The van der Waals surface area contributed by atoms with E-state index in [0.29, 0.717) is 6.54 Å². The highest BCUT2D eigenvalue weighted by molar-refractivity contribution is 9.10. The van der Waals surface area contributed by atoms with Crippen LogP contribution in [0.4, 0.5) is 5.69 Å². The summed E-state index contributed by atoms with van der Waals surface area (Å²) in [6, 6.07) is 5.88. The first-order valence-electron chi connectivity index (χ1n) is 6.36. The third-order valence-electron chi connectivity index (χ3n) is 3.06. The first-order valence-corrected chi connectivity index (χ1v) is 7.53. The minimum absolute atomic E-state index is 0.623. The molecule has 0 unspecified atom stereocenters. The summed E-state index contributed by atoms with van der Waals surface area (Å²) in [5.74, 6) is 0.793. The van der Waals surface area contributed by atoms with Gasteiger partial charge in [-0.15, -0.1) is 0 Å². The number of ether oxygens (including phenoxy) is 1. The van der Waals surface area contributed by atoms with E-state index in [4.69, 9.17) is 16.3 Å². The molecule has 0 amide bonds. The number of hydrogen-bond donors (Lipinski definition) is 1. The van der Waals surface area contributed by atoms with Crippen molar-refractivity contribution in [3.05, 3.63) is 39.1 Å². The molecule has 1 aromatic carbocycles. The lowest BCUT2D eigenvalue weighted by Gasteiger charge is -2.11. The Bertz CT molecular complexity index is 613. The zero-order valence-electron chi connectivity index (χ0n) is 11.7. The molecule has 0 bridgehead atoms. The number of aryl methyl sites for hydroxylation is 2. The quantitative estimate of drug-likeness (QED) is 0.868. The van der Waals surface area contributed by atoms with E-state index in [0.717, 1.165) is 38.9 Å². The molecule has 0 aliphatic heterocycles. The van der Waals surface area contributed by atoms with E-state index in [1.54, 1.807) is 7.11 Å². The highest BCUT2D eigenvalue weighted by atomic mass is 79.9. The van der Waals surface area contributed by atoms with Crippen LogP contribution in [-0.2, 0) is 13.1 Å².